The number of anilines is 1. The second kappa shape index (κ2) is 4.79. The van der Waals surface area contributed by atoms with Crippen LogP contribution in [0, 0.1) is 11.3 Å². The van der Waals surface area contributed by atoms with Gasteiger partial charge in [0.05, 0.1) is 13.2 Å². The van der Waals surface area contributed by atoms with Gasteiger partial charge < -0.3 is 14.6 Å². The molecule has 4 heteroatoms. The lowest BCUT2D eigenvalue weighted by atomic mass is 10.0. The summed E-state index contributed by atoms with van der Waals surface area (Å²) in [5.74, 6) is 0. The summed E-state index contributed by atoms with van der Waals surface area (Å²) >= 11 is 0. The quantitative estimate of drug-likeness (QED) is 0.849. The third kappa shape index (κ3) is 2.09. The Balaban J connectivity index is 2.07. The summed E-state index contributed by atoms with van der Waals surface area (Å²) in [6.45, 7) is 2.17. The Morgan fingerprint density at radius 1 is 1.37 bits per heavy atom. The van der Waals surface area contributed by atoms with Gasteiger partial charge >= 0.3 is 0 Å². The first-order valence-corrected chi connectivity index (χ1v) is 6.30. The number of hydrogen-bond acceptors (Lipinski definition) is 3. The number of nitrogens with one attached hydrogen (secondary N) is 1. The molecular weight excluding hydrogens is 238 g/mol. The Bertz CT molecular complexity index is 652. The lowest BCUT2D eigenvalue weighted by Gasteiger charge is -2.09. The van der Waals surface area contributed by atoms with Crippen molar-refractivity contribution in [2.75, 3.05) is 18.5 Å². The number of benzene rings is 1. The van der Waals surface area contributed by atoms with E-state index in [0.717, 1.165) is 35.5 Å². The van der Waals surface area contributed by atoms with Gasteiger partial charge in [-0.1, -0.05) is 6.07 Å². The Kier molecular flexibility index (Phi) is 2.98. The fourth-order valence-corrected chi connectivity index (χ4v) is 2.39. The van der Waals surface area contributed by atoms with Crippen LogP contribution in [0.15, 0.2) is 30.5 Å². The number of aromatic nitrogens is 1. The zero-order chi connectivity index (χ0) is 13.2. The normalized spacial score (nSPS) is 14.1. The Morgan fingerprint density at radius 2 is 2.26 bits per heavy atom. The minimum atomic E-state index is 0.616. The Morgan fingerprint density at radius 3 is 3.11 bits per heavy atom. The molecule has 96 valence electrons. The zero-order valence-electron chi connectivity index (χ0n) is 10.8. The predicted molar refractivity (Wildman–Crippen MR) is 73.7 cm³/mol. The summed E-state index contributed by atoms with van der Waals surface area (Å²) in [6.07, 6.45) is 1.91. The lowest BCUT2D eigenvalue weighted by molar-refractivity contribution is 0.135. The van der Waals surface area contributed by atoms with Gasteiger partial charge in [0, 0.05) is 36.6 Å². The average Bonchev–Trinajstić information content (AvgIpc) is 2.66. The first kappa shape index (κ1) is 11.8. The maximum Gasteiger partial charge on any atom is 0.127 e. The van der Waals surface area contributed by atoms with Crippen molar-refractivity contribution in [1.82, 2.24) is 4.57 Å². The first-order chi connectivity index (χ1) is 9.29. The van der Waals surface area contributed by atoms with E-state index < -0.39 is 0 Å². The molecule has 0 radical (unpaired) electrons. The predicted octanol–water partition coefficient (Wildman–Crippen LogP) is 2.51. The molecule has 1 aromatic heterocycles. The molecule has 0 bridgehead atoms. The number of nitriles is 1. The smallest absolute Gasteiger partial charge is 0.127 e. The van der Waals surface area contributed by atoms with Crippen LogP contribution in [0.2, 0.25) is 0 Å². The maximum absolute atomic E-state index is 9.23. The van der Waals surface area contributed by atoms with Crippen molar-refractivity contribution in [3.05, 3.63) is 41.7 Å². The molecule has 1 aromatic carbocycles. The van der Waals surface area contributed by atoms with Crippen molar-refractivity contribution in [2.45, 2.75) is 6.61 Å². The second-order valence-corrected chi connectivity index (χ2v) is 4.65. The van der Waals surface area contributed by atoms with E-state index in [-0.39, 0.29) is 0 Å². The minimum absolute atomic E-state index is 0.616. The molecule has 3 rings (SSSR count). The molecule has 0 spiro atoms. The number of ether oxygens (including phenoxy) is 1. The molecule has 0 amide bonds. The molecule has 0 unspecified atom stereocenters. The average molecular weight is 253 g/mol. The third-order valence-electron chi connectivity index (χ3n) is 3.41. The van der Waals surface area contributed by atoms with E-state index in [1.165, 1.54) is 0 Å². The molecule has 0 saturated carbocycles. The van der Waals surface area contributed by atoms with Gasteiger partial charge in [-0.25, -0.2) is 0 Å². The summed E-state index contributed by atoms with van der Waals surface area (Å²) in [5.41, 5.74) is 4.97. The fraction of sp³-hybridized carbons (Fsp3) is 0.267. The van der Waals surface area contributed by atoms with E-state index in [2.05, 4.69) is 23.5 Å². The van der Waals surface area contributed by atoms with Crippen molar-refractivity contribution in [1.29, 1.82) is 5.26 Å². The van der Waals surface area contributed by atoms with E-state index in [4.69, 9.17) is 4.74 Å². The van der Waals surface area contributed by atoms with Crippen LogP contribution in [-0.4, -0.2) is 17.7 Å². The molecule has 1 aliphatic heterocycles. The molecule has 0 atom stereocenters. The topological polar surface area (TPSA) is 50.0 Å². The highest BCUT2D eigenvalue weighted by molar-refractivity contribution is 5.72. The molecule has 0 fully saturated rings. The molecular formula is C15H15N3O. The number of nitrogens with zero attached hydrogens (tertiary/aromatic N) is 2. The Labute approximate surface area is 112 Å². The van der Waals surface area contributed by atoms with E-state index >= 15 is 0 Å². The zero-order valence-corrected chi connectivity index (χ0v) is 10.8. The van der Waals surface area contributed by atoms with Crippen LogP contribution in [0.1, 0.15) is 11.3 Å². The molecule has 4 nitrogen and oxygen atoms in total. The van der Waals surface area contributed by atoms with Gasteiger partial charge in [-0.15, -0.1) is 0 Å². The number of aryl methyl sites for hydroxylation is 1. The van der Waals surface area contributed by atoms with Crippen molar-refractivity contribution >= 4 is 5.69 Å². The SMILES string of the molecule is Cn1ccc(-c2ccc3c(c2)COCCN3)c1C#N. The van der Waals surface area contributed by atoms with Crippen LogP contribution >= 0.6 is 0 Å². The molecule has 19 heavy (non-hydrogen) atoms. The highest BCUT2D eigenvalue weighted by Crippen LogP contribution is 2.29. The number of rotatable bonds is 1. The van der Waals surface area contributed by atoms with Crippen LogP contribution in [0.5, 0.6) is 0 Å². The van der Waals surface area contributed by atoms with E-state index in [9.17, 15) is 5.26 Å². The highest BCUT2D eigenvalue weighted by Gasteiger charge is 2.12. The Hall–Kier alpha value is -2.25. The summed E-state index contributed by atoms with van der Waals surface area (Å²) in [6, 6.07) is 10.4. The second-order valence-electron chi connectivity index (χ2n) is 4.65. The first-order valence-electron chi connectivity index (χ1n) is 6.30. The number of hydrogen-bond donors (Lipinski definition) is 1. The van der Waals surface area contributed by atoms with E-state index in [1.54, 1.807) is 0 Å². The molecule has 2 aromatic rings. The van der Waals surface area contributed by atoms with Crippen molar-refractivity contribution in [3.63, 3.8) is 0 Å². The van der Waals surface area contributed by atoms with Crippen molar-refractivity contribution in [3.8, 4) is 17.2 Å². The summed E-state index contributed by atoms with van der Waals surface area (Å²) in [7, 11) is 1.89. The van der Waals surface area contributed by atoms with Crippen LogP contribution in [0.4, 0.5) is 5.69 Å². The van der Waals surface area contributed by atoms with E-state index in [1.807, 2.05) is 29.9 Å². The molecule has 1 N–H and O–H groups in total. The van der Waals surface area contributed by atoms with Crippen LogP contribution in [0.25, 0.3) is 11.1 Å². The van der Waals surface area contributed by atoms with Crippen LogP contribution in [-0.2, 0) is 18.4 Å². The monoisotopic (exact) mass is 253 g/mol. The highest BCUT2D eigenvalue weighted by atomic mass is 16.5. The summed E-state index contributed by atoms with van der Waals surface area (Å²) in [5, 5.41) is 12.6. The maximum atomic E-state index is 9.23. The van der Waals surface area contributed by atoms with Crippen LogP contribution in [0.3, 0.4) is 0 Å². The molecule has 2 heterocycles. The summed E-state index contributed by atoms with van der Waals surface area (Å²) in [4.78, 5) is 0. The molecule has 0 saturated heterocycles. The third-order valence-corrected chi connectivity index (χ3v) is 3.41. The largest absolute Gasteiger partial charge is 0.382 e. The van der Waals surface area contributed by atoms with E-state index in [0.29, 0.717) is 12.3 Å². The van der Waals surface area contributed by atoms with Gasteiger partial charge in [-0.05, 0) is 23.8 Å². The van der Waals surface area contributed by atoms with Gasteiger partial charge in [0.25, 0.3) is 0 Å². The lowest BCUT2D eigenvalue weighted by Crippen LogP contribution is -2.04. The fourth-order valence-electron chi connectivity index (χ4n) is 2.39. The minimum Gasteiger partial charge on any atom is -0.382 e. The molecule has 1 aliphatic rings. The van der Waals surface area contributed by atoms with Crippen molar-refractivity contribution < 1.29 is 4.74 Å². The van der Waals surface area contributed by atoms with Crippen molar-refractivity contribution in [2.24, 2.45) is 7.05 Å². The van der Waals surface area contributed by atoms with Gasteiger partial charge in [0.2, 0.25) is 0 Å². The number of fused-ring (bicyclic) bond motifs is 1. The molecule has 0 aliphatic carbocycles. The van der Waals surface area contributed by atoms with Gasteiger partial charge in [-0.2, -0.15) is 5.26 Å². The van der Waals surface area contributed by atoms with Gasteiger partial charge in [0.15, 0.2) is 0 Å². The van der Waals surface area contributed by atoms with Crippen LogP contribution < -0.4 is 5.32 Å². The summed E-state index contributed by atoms with van der Waals surface area (Å²) < 4.78 is 7.38. The standard InChI is InChI=1S/C15H15N3O/c1-18-6-4-13(15(18)9-16)11-2-3-14-12(8-11)10-19-7-5-17-14/h2-4,6,8,17H,5,7,10H2,1H3. The van der Waals surface area contributed by atoms with Gasteiger partial charge in [-0.3, -0.25) is 0 Å². The van der Waals surface area contributed by atoms with Gasteiger partial charge in [0.1, 0.15) is 11.8 Å².